The van der Waals surface area contributed by atoms with E-state index in [1.54, 1.807) is 0 Å². The van der Waals surface area contributed by atoms with E-state index in [4.69, 9.17) is 18.9 Å². The van der Waals surface area contributed by atoms with Gasteiger partial charge in [0.25, 0.3) is 0 Å². The molecule has 0 fully saturated rings. The fraction of sp³-hybridized carbons (Fsp3) is 0.316. The Bertz CT molecular complexity index is 824. The first-order chi connectivity index (χ1) is 12.7. The van der Waals surface area contributed by atoms with Crippen molar-refractivity contribution in [3.8, 4) is 23.0 Å². The molecule has 2 N–H and O–H groups in total. The van der Waals surface area contributed by atoms with E-state index in [0.29, 0.717) is 18.7 Å². The summed E-state index contributed by atoms with van der Waals surface area (Å²) < 4.78 is 21.3. The van der Waals surface area contributed by atoms with E-state index < -0.39 is 0 Å². The standard InChI is InChI=1S/C19H20N2O5/c1-12(14-3-5-16-18(9-14)26-11-24-16)21-19(22)20-7-6-13-2-4-15-17(8-13)25-10-23-15/h2-5,8-9,12H,6-7,10-11H2,1H3,(H2,20,21,22)/t12-/m1/s1. The minimum Gasteiger partial charge on any atom is -0.454 e. The van der Waals surface area contributed by atoms with Gasteiger partial charge < -0.3 is 29.6 Å². The molecule has 0 aliphatic carbocycles. The third-order valence-corrected chi connectivity index (χ3v) is 4.38. The van der Waals surface area contributed by atoms with Crippen molar-refractivity contribution < 1.29 is 23.7 Å². The Labute approximate surface area is 151 Å². The molecule has 2 aromatic rings. The molecule has 2 aromatic carbocycles. The Morgan fingerprint density at radius 1 is 0.962 bits per heavy atom. The predicted octanol–water partition coefficient (Wildman–Crippen LogP) is 2.75. The molecule has 26 heavy (non-hydrogen) atoms. The van der Waals surface area contributed by atoms with Gasteiger partial charge in [0.2, 0.25) is 13.6 Å². The van der Waals surface area contributed by atoms with E-state index in [9.17, 15) is 4.79 Å². The van der Waals surface area contributed by atoms with Crippen molar-refractivity contribution in [2.75, 3.05) is 20.1 Å². The summed E-state index contributed by atoms with van der Waals surface area (Å²) in [5, 5.41) is 5.80. The molecule has 0 saturated carbocycles. The summed E-state index contributed by atoms with van der Waals surface area (Å²) in [7, 11) is 0. The molecule has 0 bridgehead atoms. The number of nitrogens with one attached hydrogen (secondary N) is 2. The Balaban J connectivity index is 1.26. The first-order valence-electron chi connectivity index (χ1n) is 8.51. The van der Waals surface area contributed by atoms with E-state index >= 15 is 0 Å². The van der Waals surface area contributed by atoms with Crippen molar-refractivity contribution in [1.82, 2.24) is 10.6 Å². The average molecular weight is 356 g/mol. The van der Waals surface area contributed by atoms with Crippen LogP contribution < -0.4 is 29.6 Å². The van der Waals surface area contributed by atoms with Gasteiger partial charge in [-0.05, 0) is 48.7 Å². The molecule has 2 amide bonds. The highest BCUT2D eigenvalue weighted by atomic mass is 16.7. The Kier molecular flexibility index (Phi) is 4.43. The second kappa shape index (κ2) is 7.03. The fourth-order valence-corrected chi connectivity index (χ4v) is 2.93. The molecule has 0 spiro atoms. The molecule has 2 aliphatic heterocycles. The minimum atomic E-state index is -0.212. The summed E-state index contributed by atoms with van der Waals surface area (Å²) in [6.07, 6.45) is 0.711. The van der Waals surface area contributed by atoms with Gasteiger partial charge in [0.1, 0.15) is 0 Å². The van der Waals surface area contributed by atoms with Gasteiger partial charge in [0, 0.05) is 6.54 Å². The Morgan fingerprint density at radius 3 is 2.38 bits per heavy atom. The highest BCUT2D eigenvalue weighted by Gasteiger charge is 2.17. The van der Waals surface area contributed by atoms with Gasteiger partial charge in [-0.1, -0.05) is 12.1 Å². The number of carbonyl (C=O) groups is 1. The molecular weight excluding hydrogens is 336 g/mol. The molecule has 0 unspecified atom stereocenters. The lowest BCUT2D eigenvalue weighted by molar-refractivity contribution is 0.173. The molecule has 4 rings (SSSR count). The zero-order chi connectivity index (χ0) is 17.9. The summed E-state index contributed by atoms with van der Waals surface area (Å²) in [6, 6.07) is 11.1. The number of urea groups is 1. The van der Waals surface area contributed by atoms with Crippen LogP contribution in [0.4, 0.5) is 4.79 Å². The maximum Gasteiger partial charge on any atom is 0.315 e. The summed E-state index contributed by atoms with van der Waals surface area (Å²) in [4.78, 5) is 12.1. The summed E-state index contributed by atoms with van der Waals surface area (Å²) in [5.41, 5.74) is 2.04. The molecule has 1 atom stereocenters. The van der Waals surface area contributed by atoms with Crippen molar-refractivity contribution in [3.05, 3.63) is 47.5 Å². The minimum absolute atomic E-state index is 0.143. The third kappa shape index (κ3) is 3.46. The van der Waals surface area contributed by atoms with Gasteiger partial charge in [-0.2, -0.15) is 0 Å². The van der Waals surface area contributed by atoms with E-state index in [1.165, 1.54) is 0 Å². The second-order valence-corrected chi connectivity index (χ2v) is 6.17. The van der Waals surface area contributed by atoms with Crippen molar-refractivity contribution in [1.29, 1.82) is 0 Å². The monoisotopic (exact) mass is 356 g/mol. The van der Waals surface area contributed by atoms with E-state index in [2.05, 4.69) is 10.6 Å². The van der Waals surface area contributed by atoms with Crippen molar-refractivity contribution in [2.24, 2.45) is 0 Å². The topological polar surface area (TPSA) is 78.1 Å². The smallest absolute Gasteiger partial charge is 0.315 e. The number of amides is 2. The lowest BCUT2D eigenvalue weighted by Gasteiger charge is -2.15. The van der Waals surface area contributed by atoms with Crippen molar-refractivity contribution in [3.63, 3.8) is 0 Å². The normalized spacial score (nSPS) is 14.8. The van der Waals surface area contributed by atoms with Crippen molar-refractivity contribution in [2.45, 2.75) is 19.4 Å². The molecule has 7 heteroatoms. The summed E-state index contributed by atoms with van der Waals surface area (Å²) in [6.45, 7) is 2.95. The zero-order valence-corrected chi connectivity index (χ0v) is 14.4. The third-order valence-electron chi connectivity index (χ3n) is 4.38. The quantitative estimate of drug-likeness (QED) is 0.861. The molecule has 136 valence electrons. The number of carbonyl (C=O) groups excluding carboxylic acids is 1. The highest BCUT2D eigenvalue weighted by Crippen LogP contribution is 2.34. The lowest BCUT2D eigenvalue weighted by atomic mass is 10.1. The Hall–Kier alpha value is -3.09. The maximum atomic E-state index is 12.1. The fourth-order valence-electron chi connectivity index (χ4n) is 2.93. The first-order valence-corrected chi connectivity index (χ1v) is 8.51. The zero-order valence-electron chi connectivity index (χ0n) is 14.4. The van der Waals surface area contributed by atoms with Crippen LogP contribution >= 0.6 is 0 Å². The van der Waals surface area contributed by atoms with Crippen LogP contribution in [0, 0.1) is 0 Å². The van der Waals surface area contributed by atoms with E-state index in [0.717, 1.165) is 28.4 Å². The van der Waals surface area contributed by atoms with Crippen LogP contribution in [0.2, 0.25) is 0 Å². The predicted molar refractivity (Wildman–Crippen MR) is 93.8 cm³/mol. The second-order valence-electron chi connectivity index (χ2n) is 6.17. The van der Waals surface area contributed by atoms with Gasteiger partial charge in [-0.15, -0.1) is 0 Å². The number of rotatable bonds is 5. The molecule has 2 aliphatic rings. The average Bonchev–Trinajstić information content (AvgIpc) is 3.29. The van der Waals surface area contributed by atoms with Crippen LogP contribution in [0.15, 0.2) is 36.4 Å². The highest BCUT2D eigenvalue weighted by molar-refractivity contribution is 5.74. The van der Waals surface area contributed by atoms with Crippen LogP contribution in [-0.2, 0) is 6.42 Å². The number of ether oxygens (including phenoxy) is 4. The summed E-state index contributed by atoms with van der Waals surface area (Å²) in [5.74, 6) is 2.95. The molecule has 0 saturated heterocycles. The van der Waals surface area contributed by atoms with Gasteiger partial charge in [0.15, 0.2) is 23.0 Å². The molecule has 0 radical (unpaired) electrons. The molecule has 7 nitrogen and oxygen atoms in total. The van der Waals surface area contributed by atoms with E-state index in [1.807, 2.05) is 43.3 Å². The van der Waals surface area contributed by atoms with Crippen LogP contribution in [0.1, 0.15) is 24.1 Å². The van der Waals surface area contributed by atoms with Gasteiger partial charge >= 0.3 is 6.03 Å². The number of benzene rings is 2. The van der Waals surface area contributed by atoms with Gasteiger partial charge in [-0.25, -0.2) is 4.79 Å². The molecular formula is C19H20N2O5. The van der Waals surface area contributed by atoms with Crippen LogP contribution in [0.5, 0.6) is 23.0 Å². The van der Waals surface area contributed by atoms with Crippen LogP contribution in [-0.4, -0.2) is 26.2 Å². The first kappa shape index (κ1) is 16.4. The van der Waals surface area contributed by atoms with Crippen LogP contribution in [0.25, 0.3) is 0 Å². The molecule has 0 aromatic heterocycles. The van der Waals surface area contributed by atoms with Gasteiger partial charge in [0.05, 0.1) is 6.04 Å². The number of hydrogen-bond donors (Lipinski definition) is 2. The maximum absolute atomic E-state index is 12.1. The van der Waals surface area contributed by atoms with Crippen molar-refractivity contribution >= 4 is 6.03 Å². The van der Waals surface area contributed by atoms with E-state index in [-0.39, 0.29) is 25.7 Å². The van der Waals surface area contributed by atoms with Crippen LogP contribution in [0.3, 0.4) is 0 Å². The summed E-state index contributed by atoms with van der Waals surface area (Å²) >= 11 is 0. The number of hydrogen-bond acceptors (Lipinski definition) is 5. The molecule has 2 heterocycles. The SMILES string of the molecule is C[C@@H](NC(=O)NCCc1ccc2c(c1)OCO2)c1ccc2c(c1)OCO2. The number of fused-ring (bicyclic) bond motifs is 2. The van der Waals surface area contributed by atoms with Gasteiger partial charge in [-0.3, -0.25) is 0 Å². The Morgan fingerprint density at radius 2 is 1.62 bits per heavy atom. The lowest BCUT2D eigenvalue weighted by Crippen LogP contribution is -2.38. The largest absolute Gasteiger partial charge is 0.454 e.